The molecule has 3 fully saturated rings. The molecule has 2 aromatic rings. The number of esters is 4. The molecule has 230 valence electrons. The minimum atomic E-state index is -1.75. The van der Waals surface area contributed by atoms with E-state index in [-0.39, 0.29) is 18.4 Å². The topological polar surface area (TPSA) is 135 Å². The Hall–Kier alpha value is -3.76. The molecule has 8 atom stereocenters. The van der Waals surface area contributed by atoms with Crippen LogP contribution in [0, 0.1) is 11.3 Å². The molecule has 0 amide bonds. The first-order chi connectivity index (χ1) is 20.2. The summed E-state index contributed by atoms with van der Waals surface area (Å²) in [5.74, 6) is -3.51. The zero-order valence-electron chi connectivity index (χ0n) is 25.2. The molecule has 43 heavy (non-hydrogen) atoms. The molecule has 5 rings (SSSR count). The molecule has 1 aliphatic heterocycles. The molecule has 1 heterocycles. The Morgan fingerprint density at radius 2 is 1.26 bits per heavy atom. The van der Waals surface area contributed by atoms with Gasteiger partial charge in [0.15, 0.2) is 6.10 Å². The van der Waals surface area contributed by atoms with Crippen molar-refractivity contribution in [3.8, 4) is 0 Å². The number of carbonyl (C=O) groups is 4. The lowest BCUT2D eigenvalue weighted by Crippen LogP contribution is -2.81. The molecule has 1 N–H and O–H groups in total. The molecule has 1 saturated heterocycles. The smallest absolute Gasteiger partial charge is 0.338 e. The highest BCUT2D eigenvalue weighted by Crippen LogP contribution is 2.69. The number of rotatable bonds is 6. The van der Waals surface area contributed by atoms with Crippen LogP contribution in [0.25, 0.3) is 0 Å². The van der Waals surface area contributed by atoms with E-state index in [2.05, 4.69) is 0 Å². The van der Waals surface area contributed by atoms with Crippen LogP contribution < -0.4 is 0 Å². The van der Waals surface area contributed by atoms with Crippen molar-refractivity contribution in [1.82, 2.24) is 0 Å². The minimum Gasteiger partial charge on any atom is -0.459 e. The fourth-order valence-electron chi connectivity index (χ4n) is 7.76. The predicted octanol–water partition coefficient (Wildman–Crippen LogP) is 4.03. The van der Waals surface area contributed by atoms with Crippen molar-refractivity contribution in [1.29, 1.82) is 0 Å². The van der Waals surface area contributed by atoms with Gasteiger partial charge in [0.25, 0.3) is 0 Å². The molecular formula is C33H38O10. The van der Waals surface area contributed by atoms with Crippen LogP contribution in [0.3, 0.4) is 0 Å². The van der Waals surface area contributed by atoms with Gasteiger partial charge in [-0.2, -0.15) is 0 Å². The number of hydrogen-bond acceptors (Lipinski definition) is 10. The lowest BCUT2D eigenvalue weighted by atomic mass is 9.47. The van der Waals surface area contributed by atoms with Crippen LogP contribution in [0.5, 0.6) is 0 Å². The lowest BCUT2D eigenvalue weighted by Gasteiger charge is -2.65. The zero-order chi connectivity index (χ0) is 31.4. The highest BCUT2D eigenvalue weighted by atomic mass is 16.6. The maximum atomic E-state index is 13.7. The molecule has 0 unspecified atom stereocenters. The van der Waals surface area contributed by atoms with Crippen molar-refractivity contribution >= 4 is 23.9 Å². The number of carbonyl (C=O) groups excluding carboxylic acids is 4. The fraction of sp³-hybridized carbons (Fsp3) is 0.515. The number of benzene rings is 2. The van der Waals surface area contributed by atoms with Crippen LogP contribution in [-0.2, 0) is 33.3 Å². The minimum absolute atomic E-state index is 0.105. The van der Waals surface area contributed by atoms with Crippen molar-refractivity contribution in [2.45, 2.75) is 95.6 Å². The summed E-state index contributed by atoms with van der Waals surface area (Å²) in [6.07, 6.45) is -4.42. The van der Waals surface area contributed by atoms with Crippen LogP contribution >= 0.6 is 0 Å². The molecule has 2 saturated carbocycles. The Kier molecular flexibility index (Phi) is 7.67. The summed E-state index contributed by atoms with van der Waals surface area (Å²) >= 11 is 0. The zero-order valence-corrected chi connectivity index (χ0v) is 25.2. The summed E-state index contributed by atoms with van der Waals surface area (Å²) in [6.45, 7) is 9.23. The SMILES string of the molecule is CC(=O)O[C@H]1[C@@H]2[C@@H](OC(C)=O)[C@@]3(OC2(C)C)[C@@](C)([C@@H](OC(=O)c2ccccc2)CC[C@]3(C)O)[C@H]1OC(=O)c1ccccc1. The van der Waals surface area contributed by atoms with Gasteiger partial charge in [0.2, 0.25) is 0 Å². The first-order valence-electron chi connectivity index (χ1n) is 14.4. The van der Waals surface area contributed by atoms with E-state index in [0.29, 0.717) is 5.56 Å². The number of ether oxygens (including phenoxy) is 5. The number of fused-ring (bicyclic) bond motifs is 1. The van der Waals surface area contributed by atoms with Gasteiger partial charge in [0, 0.05) is 13.8 Å². The standard InChI is InChI=1S/C33H38O10/c1-19(34)39-25-24-26(40-20(2)35)33(43-30(24,3)4)31(5,38)18-17-23(41-28(36)21-13-9-7-10-14-21)32(33,6)27(25)42-29(37)22-15-11-8-12-16-22/h7-16,23-27,38H,17-18H2,1-6H3/t23-,24+,25-,26+,27-,31-,32-,33-/m0/s1. The molecular weight excluding hydrogens is 556 g/mol. The van der Waals surface area contributed by atoms with E-state index in [1.54, 1.807) is 88.4 Å². The first kappa shape index (κ1) is 30.7. The van der Waals surface area contributed by atoms with Gasteiger partial charge < -0.3 is 28.8 Å². The molecule has 0 aromatic heterocycles. The van der Waals surface area contributed by atoms with Crippen molar-refractivity contribution in [3.05, 3.63) is 71.8 Å². The summed E-state index contributed by atoms with van der Waals surface area (Å²) in [4.78, 5) is 52.4. The average Bonchev–Trinajstić information content (AvgIpc) is 3.15. The number of hydrogen-bond donors (Lipinski definition) is 1. The van der Waals surface area contributed by atoms with Crippen molar-refractivity contribution in [2.24, 2.45) is 11.3 Å². The summed E-state index contributed by atoms with van der Waals surface area (Å²) in [6, 6.07) is 16.7. The van der Waals surface area contributed by atoms with Crippen LogP contribution in [0.1, 0.15) is 75.1 Å². The molecule has 1 spiro atoms. The summed E-state index contributed by atoms with van der Waals surface area (Å²) < 4.78 is 31.2. The second-order valence-electron chi connectivity index (χ2n) is 12.6. The van der Waals surface area contributed by atoms with Gasteiger partial charge in [0.05, 0.1) is 33.7 Å². The van der Waals surface area contributed by atoms with E-state index in [1.165, 1.54) is 13.8 Å². The summed E-state index contributed by atoms with van der Waals surface area (Å²) in [7, 11) is 0. The maximum absolute atomic E-state index is 13.7. The van der Waals surface area contributed by atoms with Gasteiger partial charge in [-0.1, -0.05) is 36.4 Å². The molecule has 10 nitrogen and oxygen atoms in total. The third-order valence-corrected chi connectivity index (χ3v) is 9.46. The van der Waals surface area contributed by atoms with Crippen molar-refractivity contribution < 1.29 is 48.0 Å². The second kappa shape index (κ2) is 10.7. The fourth-order valence-corrected chi connectivity index (χ4v) is 7.76. The lowest BCUT2D eigenvalue weighted by molar-refractivity contribution is -0.335. The van der Waals surface area contributed by atoms with Gasteiger partial charge in [-0.05, 0) is 64.8 Å². The number of aliphatic hydroxyl groups is 1. The Bertz CT molecular complexity index is 1400. The Labute approximate surface area is 250 Å². The van der Waals surface area contributed by atoms with E-state index in [4.69, 9.17) is 23.7 Å². The van der Waals surface area contributed by atoms with Gasteiger partial charge in [0.1, 0.15) is 23.9 Å². The van der Waals surface area contributed by atoms with Gasteiger partial charge in [-0.3, -0.25) is 9.59 Å². The largest absolute Gasteiger partial charge is 0.459 e. The molecule has 0 radical (unpaired) electrons. The Morgan fingerprint density at radius 1 is 0.744 bits per heavy atom. The molecule has 10 heteroatoms. The van der Waals surface area contributed by atoms with Crippen LogP contribution in [0.4, 0.5) is 0 Å². The average molecular weight is 595 g/mol. The van der Waals surface area contributed by atoms with E-state index < -0.39 is 76.4 Å². The normalized spacial score (nSPS) is 35.7. The summed E-state index contributed by atoms with van der Waals surface area (Å²) in [5.41, 5.74) is -5.62. The quantitative estimate of drug-likeness (QED) is 0.386. The van der Waals surface area contributed by atoms with Gasteiger partial charge >= 0.3 is 23.9 Å². The van der Waals surface area contributed by atoms with E-state index in [9.17, 15) is 24.3 Å². The van der Waals surface area contributed by atoms with Crippen LogP contribution in [0.2, 0.25) is 0 Å². The van der Waals surface area contributed by atoms with Crippen molar-refractivity contribution in [3.63, 3.8) is 0 Å². The maximum Gasteiger partial charge on any atom is 0.338 e. The predicted molar refractivity (Wildman–Crippen MR) is 152 cm³/mol. The van der Waals surface area contributed by atoms with Crippen LogP contribution in [0.15, 0.2) is 60.7 Å². The third kappa shape index (κ3) is 4.80. The monoisotopic (exact) mass is 594 g/mol. The molecule has 2 bridgehead atoms. The van der Waals surface area contributed by atoms with E-state index in [1.807, 2.05) is 0 Å². The first-order valence-corrected chi connectivity index (χ1v) is 14.4. The molecule has 3 aliphatic rings. The highest BCUT2D eigenvalue weighted by Gasteiger charge is 2.85. The van der Waals surface area contributed by atoms with E-state index >= 15 is 0 Å². The van der Waals surface area contributed by atoms with Gasteiger partial charge in [-0.25, -0.2) is 9.59 Å². The Balaban J connectivity index is 1.74. The summed E-state index contributed by atoms with van der Waals surface area (Å²) in [5, 5.41) is 12.2. The third-order valence-electron chi connectivity index (χ3n) is 9.46. The highest BCUT2D eigenvalue weighted by molar-refractivity contribution is 5.90. The van der Waals surface area contributed by atoms with Crippen LogP contribution in [-0.4, -0.2) is 70.2 Å². The second-order valence-corrected chi connectivity index (χ2v) is 12.6. The van der Waals surface area contributed by atoms with Crippen molar-refractivity contribution in [2.75, 3.05) is 0 Å². The molecule has 2 aliphatic carbocycles. The van der Waals surface area contributed by atoms with Gasteiger partial charge in [-0.15, -0.1) is 0 Å². The van der Waals surface area contributed by atoms with E-state index in [0.717, 1.165) is 0 Å². The molecule has 2 aromatic carbocycles. The Morgan fingerprint density at radius 3 is 1.77 bits per heavy atom.